The van der Waals surface area contributed by atoms with Gasteiger partial charge in [-0.05, 0) is 36.8 Å². The molecule has 8 heteroatoms. The first-order chi connectivity index (χ1) is 11.8. The Labute approximate surface area is 155 Å². The number of hydrogen-bond acceptors (Lipinski definition) is 3. The lowest BCUT2D eigenvalue weighted by molar-refractivity contribution is -0.116. The predicted molar refractivity (Wildman–Crippen MR) is 101 cm³/mol. The van der Waals surface area contributed by atoms with E-state index in [0.29, 0.717) is 5.69 Å². The van der Waals surface area contributed by atoms with Gasteiger partial charge in [0.05, 0.1) is 11.9 Å². The second kappa shape index (κ2) is 8.44. The van der Waals surface area contributed by atoms with E-state index in [4.69, 9.17) is 0 Å². The van der Waals surface area contributed by atoms with E-state index < -0.39 is 15.8 Å². The van der Waals surface area contributed by atoms with Crippen molar-refractivity contribution in [2.75, 3.05) is 22.4 Å². The summed E-state index contributed by atoms with van der Waals surface area (Å²) in [6.07, 6.45) is 1.40. The van der Waals surface area contributed by atoms with E-state index >= 15 is 0 Å². The highest BCUT2D eigenvalue weighted by molar-refractivity contribution is 9.10. The maximum atomic E-state index is 13.9. The van der Waals surface area contributed by atoms with Gasteiger partial charge in [0.25, 0.3) is 0 Å². The number of amides is 1. The van der Waals surface area contributed by atoms with Crippen LogP contribution in [0, 0.1) is 5.82 Å². The fourth-order valence-electron chi connectivity index (χ4n) is 2.29. The molecule has 25 heavy (non-hydrogen) atoms. The molecule has 0 aliphatic rings. The zero-order valence-corrected chi connectivity index (χ0v) is 16.0. The number of sulfonamides is 1. The van der Waals surface area contributed by atoms with Gasteiger partial charge in [-0.25, -0.2) is 12.8 Å². The van der Waals surface area contributed by atoms with Crippen molar-refractivity contribution in [3.63, 3.8) is 0 Å². The van der Waals surface area contributed by atoms with Crippen LogP contribution in [-0.2, 0) is 14.8 Å². The van der Waals surface area contributed by atoms with E-state index in [9.17, 15) is 17.6 Å². The largest absolute Gasteiger partial charge is 0.326 e. The molecule has 0 bridgehead atoms. The second-order valence-corrected chi connectivity index (χ2v) is 8.27. The molecule has 0 spiro atoms. The van der Waals surface area contributed by atoms with Gasteiger partial charge in [-0.15, -0.1) is 0 Å². The number of anilines is 2. The summed E-state index contributed by atoms with van der Waals surface area (Å²) in [5.74, 6) is -0.855. The van der Waals surface area contributed by atoms with Crippen LogP contribution >= 0.6 is 15.9 Å². The molecular formula is C17H18BrFN2O3S. The smallest absolute Gasteiger partial charge is 0.232 e. The summed E-state index contributed by atoms with van der Waals surface area (Å²) in [5, 5.41) is 2.74. The van der Waals surface area contributed by atoms with Gasteiger partial charge in [0.2, 0.25) is 15.9 Å². The Morgan fingerprint density at radius 2 is 1.92 bits per heavy atom. The fourth-order valence-corrected chi connectivity index (χ4v) is 3.66. The molecular weight excluding hydrogens is 411 g/mol. The Morgan fingerprint density at radius 3 is 2.56 bits per heavy atom. The molecule has 1 amide bonds. The average molecular weight is 429 g/mol. The molecule has 0 aliphatic carbocycles. The molecule has 5 nitrogen and oxygen atoms in total. The van der Waals surface area contributed by atoms with Crippen LogP contribution in [0.1, 0.15) is 12.8 Å². The maximum absolute atomic E-state index is 13.9. The van der Waals surface area contributed by atoms with Crippen molar-refractivity contribution < 1.29 is 17.6 Å². The normalized spacial score (nSPS) is 11.2. The number of carbonyl (C=O) groups excluding carboxylic acids is 1. The Balaban J connectivity index is 1.97. The van der Waals surface area contributed by atoms with Gasteiger partial charge < -0.3 is 5.32 Å². The highest BCUT2D eigenvalue weighted by atomic mass is 79.9. The zero-order valence-electron chi connectivity index (χ0n) is 13.6. The topological polar surface area (TPSA) is 66.5 Å². The second-order valence-electron chi connectivity index (χ2n) is 5.45. The summed E-state index contributed by atoms with van der Waals surface area (Å²) in [6.45, 7) is 0.0195. The molecule has 0 aliphatic heterocycles. The van der Waals surface area contributed by atoms with Crippen molar-refractivity contribution >= 4 is 43.2 Å². The molecule has 1 N–H and O–H groups in total. The van der Waals surface area contributed by atoms with E-state index in [1.165, 1.54) is 18.2 Å². The zero-order chi connectivity index (χ0) is 18.4. The SMILES string of the molecule is CS(=O)(=O)N(CCCC(=O)Nc1cccc(Br)c1)c1ccccc1F. The van der Waals surface area contributed by atoms with Gasteiger partial charge in [0.1, 0.15) is 5.82 Å². The van der Waals surface area contributed by atoms with Crippen LogP contribution in [0.25, 0.3) is 0 Å². The lowest BCUT2D eigenvalue weighted by Gasteiger charge is -2.22. The average Bonchev–Trinajstić information content (AvgIpc) is 2.51. The van der Waals surface area contributed by atoms with Crippen LogP contribution in [0.3, 0.4) is 0 Å². The third kappa shape index (κ3) is 5.82. The molecule has 2 rings (SSSR count). The molecule has 134 valence electrons. The monoisotopic (exact) mass is 428 g/mol. The molecule has 0 unspecified atom stereocenters. The van der Waals surface area contributed by atoms with Crippen LogP contribution in [0.2, 0.25) is 0 Å². The number of carbonyl (C=O) groups is 1. The summed E-state index contributed by atoms with van der Waals surface area (Å²) in [7, 11) is -3.65. The summed E-state index contributed by atoms with van der Waals surface area (Å²) >= 11 is 3.32. The standard InChI is InChI=1S/C17H18BrFN2O3S/c1-25(23,24)21(16-9-3-2-8-15(16)19)11-5-10-17(22)20-14-7-4-6-13(18)12-14/h2-4,6-9,12H,5,10-11H2,1H3,(H,20,22). The van der Waals surface area contributed by atoms with Crippen LogP contribution in [-0.4, -0.2) is 27.1 Å². The summed E-state index contributed by atoms with van der Waals surface area (Å²) in [6, 6.07) is 12.8. The molecule has 0 atom stereocenters. The number of benzene rings is 2. The van der Waals surface area contributed by atoms with Crippen LogP contribution < -0.4 is 9.62 Å². The number of halogens is 2. The molecule has 0 radical (unpaired) electrons. The van der Waals surface area contributed by atoms with Crippen molar-refractivity contribution in [1.29, 1.82) is 0 Å². The predicted octanol–water partition coefficient (Wildman–Crippen LogP) is 3.77. The number of nitrogens with one attached hydrogen (secondary N) is 1. The Hall–Kier alpha value is -1.93. The Morgan fingerprint density at radius 1 is 1.20 bits per heavy atom. The highest BCUT2D eigenvalue weighted by Gasteiger charge is 2.20. The highest BCUT2D eigenvalue weighted by Crippen LogP contribution is 2.22. The summed E-state index contributed by atoms with van der Waals surface area (Å²) in [5.41, 5.74) is 0.630. The first kappa shape index (κ1) is 19.4. The molecule has 2 aromatic rings. The van der Waals surface area contributed by atoms with E-state index in [0.717, 1.165) is 15.0 Å². The molecule has 0 saturated carbocycles. The lowest BCUT2D eigenvalue weighted by Crippen LogP contribution is -2.32. The Bertz CT molecular complexity index is 858. The lowest BCUT2D eigenvalue weighted by atomic mass is 10.2. The van der Waals surface area contributed by atoms with Crippen LogP contribution in [0.4, 0.5) is 15.8 Å². The fraction of sp³-hybridized carbons (Fsp3) is 0.235. The van der Waals surface area contributed by atoms with Crippen molar-refractivity contribution in [2.45, 2.75) is 12.8 Å². The van der Waals surface area contributed by atoms with Crippen molar-refractivity contribution in [2.24, 2.45) is 0 Å². The number of para-hydroxylation sites is 1. The van der Waals surface area contributed by atoms with Gasteiger partial charge in [0.15, 0.2) is 0 Å². The van der Waals surface area contributed by atoms with Crippen LogP contribution in [0.5, 0.6) is 0 Å². The minimum Gasteiger partial charge on any atom is -0.326 e. The molecule has 2 aromatic carbocycles. The molecule has 0 saturated heterocycles. The van der Waals surface area contributed by atoms with Crippen molar-refractivity contribution in [3.05, 3.63) is 58.8 Å². The number of hydrogen-bond donors (Lipinski definition) is 1. The first-order valence-electron chi connectivity index (χ1n) is 7.55. The summed E-state index contributed by atoms with van der Waals surface area (Å²) < 4.78 is 39.6. The molecule has 0 aromatic heterocycles. The van der Waals surface area contributed by atoms with E-state index in [2.05, 4.69) is 21.2 Å². The quantitative estimate of drug-likeness (QED) is 0.729. The van der Waals surface area contributed by atoms with Crippen LogP contribution in [0.15, 0.2) is 53.0 Å². The van der Waals surface area contributed by atoms with E-state index in [1.807, 2.05) is 6.07 Å². The van der Waals surface area contributed by atoms with Gasteiger partial charge in [-0.2, -0.15) is 0 Å². The molecule has 0 heterocycles. The minimum absolute atomic E-state index is 0.0163. The maximum Gasteiger partial charge on any atom is 0.232 e. The van der Waals surface area contributed by atoms with E-state index in [-0.39, 0.29) is 31.0 Å². The van der Waals surface area contributed by atoms with Gasteiger partial charge in [-0.1, -0.05) is 34.1 Å². The first-order valence-corrected chi connectivity index (χ1v) is 10.2. The third-order valence-electron chi connectivity index (χ3n) is 3.39. The third-order valence-corrected chi connectivity index (χ3v) is 5.07. The van der Waals surface area contributed by atoms with Gasteiger partial charge >= 0.3 is 0 Å². The van der Waals surface area contributed by atoms with Gasteiger partial charge in [-0.3, -0.25) is 9.10 Å². The van der Waals surface area contributed by atoms with Gasteiger partial charge in [0, 0.05) is 23.1 Å². The van der Waals surface area contributed by atoms with E-state index in [1.54, 1.807) is 24.3 Å². The minimum atomic E-state index is -3.65. The summed E-state index contributed by atoms with van der Waals surface area (Å²) in [4.78, 5) is 12.0. The Kier molecular flexibility index (Phi) is 6.55. The number of nitrogens with zero attached hydrogens (tertiary/aromatic N) is 1. The number of rotatable bonds is 7. The van der Waals surface area contributed by atoms with Crippen molar-refractivity contribution in [1.82, 2.24) is 0 Å². The molecule has 0 fully saturated rings. The van der Waals surface area contributed by atoms with Crippen molar-refractivity contribution in [3.8, 4) is 0 Å².